The Kier molecular flexibility index (Phi) is 6.61. The number of hydrogen-bond donors (Lipinski definition) is 3. The molecule has 0 radical (unpaired) electrons. The minimum absolute atomic E-state index is 0.229. The standard InChI is InChI=1S/C18H20Cl3N3OS/c1-17(2,3)15(25)23-14(18(19,20)21)24-16(26)22-13-10-6-8-11-7-4-5-9-12(11)13/h4-10,14H,1-3H3,(H,23,25)(H2,22,24,26)/t14-/m0/s1. The van der Waals surface area contributed by atoms with Gasteiger partial charge in [-0.2, -0.15) is 0 Å². The molecule has 1 atom stereocenters. The van der Waals surface area contributed by atoms with Gasteiger partial charge in [0.2, 0.25) is 9.70 Å². The summed E-state index contributed by atoms with van der Waals surface area (Å²) in [5.74, 6) is -0.269. The first-order valence-electron chi connectivity index (χ1n) is 7.91. The lowest BCUT2D eigenvalue weighted by atomic mass is 9.95. The van der Waals surface area contributed by atoms with Crippen LogP contribution in [0, 0.1) is 5.41 Å². The van der Waals surface area contributed by atoms with Crippen LogP contribution >= 0.6 is 47.0 Å². The van der Waals surface area contributed by atoms with E-state index >= 15 is 0 Å². The van der Waals surface area contributed by atoms with Gasteiger partial charge in [0.15, 0.2) is 5.11 Å². The predicted molar refractivity (Wildman–Crippen MR) is 115 cm³/mol. The van der Waals surface area contributed by atoms with Gasteiger partial charge in [0.1, 0.15) is 6.17 Å². The molecule has 2 rings (SSSR count). The minimum atomic E-state index is -1.79. The number of halogens is 3. The molecule has 0 fully saturated rings. The lowest BCUT2D eigenvalue weighted by Gasteiger charge is -2.30. The fraction of sp³-hybridized carbons (Fsp3) is 0.333. The highest BCUT2D eigenvalue weighted by Crippen LogP contribution is 2.30. The SMILES string of the molecule is CC(C)(C)C(=O)N[C@@H](NC(=S)Nc1cccc2ccccc12)C(Cl)(Cl)Cl. The maximum Gasteiger partial charge on any atom is 0.228 e. The number of thiocarbonyl (C=S) groups is 1. The molecule has 140 valence electrons. The maximum absolute atomic E-state index is 12.2. The second-order valence-electron chi connectivity index (χ2n) is 6.82. The minimum Gasteiger partial charge on any atom is -0.339 e. The number of rotatable bonds is 3. The first-order valence-corrected chi connectivity index (χ1v) is 9.45. The predicted octanol–water partition coefficient (Wildman–Crippen LogP) is 4.98. The van der Waals surface area contributed by atoms with E-state index in [0.29, 0.717) is 0 Å². The summed E-state index contributed by atoms with van der Waals surface area (Å²) in [6.45, 7) is 5.30. The van der Waals surface area contributed by atoms with Crippen LogP contribution in [-0.4, -0.2) is 21.0 Å². The normalized spacial score (nSPS) is 13.2. The Balaban J connectivity index is 2.15. The highest BCUT2D eigenvalue weighted by Gasteiger charge is 2.36. The van der Waals surface area contributed by atoms with Crippen molar-refractivity contribution in [1.29, 1.82) is 0 Å². The zero-order valence-electron chi connectivity index (χ0n) is 14.6. The third kappa shape index (κ3) is 5.61. The largest absolute Gasteiger partial charge is 0.339 e. The molecule has 0 unspecified atom stereocenters. The Labute approximate surface area is 173 Å². The number of carbonyl (C=O) groups is 1. The van der Waals surface area contributed by atoms with Gasteiger partial charge in [0.25, 0.3) is 0 Å². The molecule has 0 saturated carbocycles. The summed E-state index contributed by atoms with van der Waals surface area (Å²) in [5, 5.41) is 10.9. The molecule has 3 N–H and O–H groups in total. The van der Waals surface area contributed by atoms with Gasteiger partial charge in [0, 0.05) is 16.5 Å². The fourth-order valence-corrected chi connectivity index (χ4v) is 2.73. The molecular formula is C18H20Cl3N3OS. The van der Waals surface area contributed by atoms with Crippen molar-refractivity contribution in [2.24, 2.45) is 5.41 Å². The monoisotopic (exact) mass is 431 g/mol. The van der Waals surface area contributed by atoms with Crippen LogP contribution in [0.3, 0.4) is 0 Å². The van der Waals surface area contributed by atoms with E-state index in [4.69, 9.17) is 47.0 Å². The zero-order chi connectivity index (χ0) is 19.5. The van der Waals surface area contributed by atoms with Crippen LogP contribution in [0.2, 0.25) is 0 Å². The molecule has 2 aromatic carbocycles. The lowest BCUT2D eigenvalue weighted by molar-refractivity contribution is -0.129. The summed E-state index contributed by atoms with van der Waals surface area (Å²) in [6.07, 6.45) is -0.991. The highest BCUT2D eigenvalue weighted by atomic mass is 35.6. The molecule has 8 heteroatoms. The van der Waals surface area contributed by atoms with Crippen LogP contribution in [0.4, 0.5) is 5.69 Å². The molecule has 2 aromatic rings. The molecule has 0 bridgehead atoms. The molecule has 0 aliphatic carbocycles. The van der Waals surface area contributed by atoms with Gasteiger partial charge < -0.3 is 16.0 Å². The van der Waals surface area contributed by atoms with E-state index in [9.17, 15) is 4.79 Å². The number of hydrogen-bond acceptors (Lipinski definition) is 2. The van der Waals surface area contributed by atoms with Gasteiger partial charge in [-0.1, -0.05) is 92.0 Å². The molecule has 0 spiro atoms. The smallest absolute Gasteiger partial charge is 0.228 e. The molecule has 0 aromatic heterocycles. The number of benzene rings is 2. The summed E-state index contributed by atoms with van der Waals surface area (Å²) in [7, 11) is 0. The summed E-state index contributed by atoms with van der Waals surface area (Å²) in [5.41, 5.74) is 0.173. The highest BCUT2D eigenvalue weighted by molar-refractivity contribution is 7.80. The fourth-order valence-electron chi connectivity index (χ4n) is 2.17. The van der Waals surface area contributed by atoms with E-state index in [1.807, 2.05) is 42.5 Å². The van der Waals surface area contributed by atoms with Gasteiger partial charge >= 0.3 is 0 Å². The molecule has 1 amide bonds. The van der Waals surface area contributed by atoms with E-state index in [2.05, 4.69) is 16.0 Å². The second-order valence-corrected chi connectivity index (χ2v) is 9.60. The Morgan fingerprint density at radius 3 is 2.23 bits per heavy atom. The van der Waals surface area contributed by atoms with Crippen molar-refractivity contribution in [1.82, 2.24) is 10.6 Å². The van der Waals surface area contributed by atoms with Crippen molar-refractivity contribution in [2.75, 3.05) is 5.32 Å². The summed E-state index contributed by atoms with van der Waals surface area (Å²) in [4.78, 5) is 12.2. The molecular weight excluding hydrogens is 413 g/mol. The van der Waals surface area contributed by atoms with Crippen LogP contribution in [0.25, 0.3) is 10.8 Å². The van der Waals surface area contributed by atoms with Gasteiger partial charge in [-0.25, -0.2) is 0 Å². The first kappa shape index (κ1) is 21.0. The van der Waals surface area contributed by atoms with Crippen molar-refractivity contribution < 1.29 is 4.79 Å². The molecule has 0 heterocycles. The number of carbonyl (C=O) groups excluding carboxylic acids is 1. The van der Waals surface area contributed by atoms with Crippen molar-refractivity contribution in [3.8, 4) is 0 Å². The van der Waals surface area contributed by atoms with Crippen molar-refractivity contribution in [3.63, 3.8) is 0 Å². The second kappa shape index (κ2) is 8.17. The first-order chi connectivity index (χ1) is 12.0. The topological polar surface area (TPSA) is 53.2 Å². The van der Waals surface area contributed by atoms with Crippen molar-refractivity contribution in [2.45, 2.75) is 30.7 Å². The van der Waals surface area contributed by atoms with Crippen molar-refractivity contribution in [3.05, 3.63) is 42.5 Å². The van der Waals surface area contributed by atoms with E-state index < -0.39 is 15.4 Å². The number of anilines is 1. The van der Waals surface area contributed by atoms with Crippen molar-refractivity contribution >= 4 is 74.5 Å². The average Bonchev–Trinajstić information content (AvgIpc) is 2.52. The van der Waals surface area contributed by atoms with E-state index in [-0.39, 0.29) is 11.0 Å². The third-order valence-corrected chi connectivity index (χ3v) is 4.47. The quantitative estimate of drug-likeness (QED) is 0.363. The van der Waals surface area contributed by atoms with Gasteiger partial charge in [0.05, 0.1) is 0 Å². The number of fused-ring (bicyclic) bond motifs is 1. The number of nitrogens with one attached hydrogen (secondary N) is 3. The maximum atomic E-state index is 12.2. The summed E-state index contributed by atoms with van der Waals surface area (Å²) < 4.78 is -1.79. The Hall–Kier alpha value is -1.27. The Morgan fingerprint density at radius 1 is 1.00 bits per heavy atom. The Morgan fingerprint density at radius 2 is 1.62 bits per heavy atom. The molecule has 26 heavy (non-hydrogen) atoms. The zero-order valence-corrected chi connectivity index (χ0v) is 17.7. The number of amides is 1. The summed E-state index contributed by atoms with van der Waals surface area (Å²) in [6, 6.07) is 13.7. The number of alkyl halides is 3. The van der Waals surface area contributed by atoms with E-state index in [1.165, 1.54) is 0 Å². The lowest BCUT2D eigenvalue weighted by Crippen LogP contribution is -2.58. The Bertz CT molecular complexity index is 810. The van der Waals surface area contributed by atoms with Gasteiger partial charge in [-0.3, -0.25) is 4.79 Å². The molecule has 0 aliphatic heterocycles. The summed E-state index contributed by atoms with van der Waals surface area (Å²) >= 11 is 23.3. The van der Waals surface area contributed by atoms with E-state index in [0.717, 1.165) is 16.5 Å². The van der Waals surface area contributed by atoms with Crippen LogP contribution < -0.4 is 16.0 Å². The van der Waals surface area contributed by atoms with Crippen LogP contribution in [0.1, 0.15) is 20.8 Å². The molecule has 0 saturated heterocycles. The average molecular weight is 433 g/mol. The van der Waals surface area contributed by atoms with Crippen LogP contribution in [0.15, 0.2) is 42.5 Å². The van der Waals surface area contributed by atoms with Crippen LogP contribution in [-0.2, 0) is 4.79 Å². The van der Waals surface area contributed by atoms with Gasteiger partial charge in [-0.05, 0) is 23.7 Å². The van der Waals surface area contributed by atoms with E-state index in [1.54, 1.807) is 20.8 Å². The third-order valence-electron chi connectivity index (χ3n) is 3.60. The molecule has 4 nitrogen and oxygen atoms in total. The van der Waals surface area contributed by atoms with Gasteiger partial charge in [-0.15, -0.1) is 0 Å². The molecule has 0 aliphatic rings. The van der Waals surface area contributed by atoms with Crippen LogP contribution in [0.5, 0.6) is 0 Å².